The molecule has 1 saturated heterocycles. The van der Waals surface area contributed by atoms with E-state index in [1.165, 1.54) is 10.5 Å². The van der Waals surface area contributed by atoms with Gasteiger partial charge in [-0.25, -0.2) is 0 Å². The highest BCUT2D eigenvalue weighted by molar-refractivity contribution is 8.18. The molecule has 0 aromatic heterocycles. The van der Waals surface area contributed by atoms with Crippen LogP contribution in [-0.2, 0) is 11.3 Å². The Balaban J connectivity index is 1.57. The van der Waals surface area contributed by atoms with Crippen molar-refractivity contribution in [3.05, 3.63) is 100 Å². The first-order valence-electron chi connectivity index (χ1n) is 9.06. The average molecular weight is 385 g/mol. The molecule has 4 rings (SSSR count). The van der Waals surface area contributed by atoms with E-state index in [1.54, 1.807) is 6.08 Å². The number of amides is 2. The highest BCUT2D eigenvalue weighted by Gasteiger charge is 2.34. The average Bonchev–Trinajstić information content (AvgIpc) is 2.97. The smallest absolute Gasteiger partial charge is 0.268 e. The van der Waals surface area contributed by atoms with E-state index in [1.807, 2.05) is 54.6 Å². The predicted octanol–water partition coefficient (Wildman–Crippen LogP) is 5.90. The number of carbonyl (C=O) groups is 2. The Morgan fingerprint density at radius 2 is 1.61 bits per heavy atom. The third-order valence-electron chi connectivity index (χ3n) is 4.63. The van der Waals surface area contributed by atoms with E-state index in [9.17, 15) is 9.59 Å². The van der Waals surface area contributed by atoms with Gasteiger partial charge in [-0.1, -0.05) is 78.4 Å². The van der Waals surface area contributed by atoms with Crippen LogP contribution < -0.4 is 0 Å². The molecule has 0 bridgehead atoms. The van der Waals surface area contributed by atoms with Gasteiger partial charge < -0.3 is 0 Å². The molecule has 0 saturated carbocycles. The topological polar surface area (TPSA) is 37.4 Å². The summed E-state index contributed by atoms with van der Waals surface area (Å²) in [5.41, 5.74) is 5.26. The lowest BCUT2D eigenvalue weighted by Crippen LogP contribution is -2.27. The largest absolute Gasteiger partial charge is 0.293 e. The summed E-state index contributed by atoms with van der Waals surface area (Å²) in [5.74, 6) is -0.236. The van der Waals surface area contributed by atoms with Crippen LogP contribution in [0.3, 0.4) is 0 Å². The molecule has 28 heavy (non-hydrogen) atoms. The van der Waals surface area contributed by atoms with E-state index in [4.69, 9.17) is 0 Å². The highest BCUT2D eigenvalue weighted by atomic mass is 32.2. The lowest BCUT2D eigenvalue weighted by Gasteiger charge is -2.12. The second kappa shape index (κ2) is 7.87. The van der Waals surface area contributed by atoms with E-state index in [2.05, 4.69) is 31.2 Å². The van der Waals surface area contributed by atoms with Crippen molar-refractivity contribution in [2.45, 2.75) is 13.5 Å². The molecule has 0 atom stereocenters. The Morgan fingerprint density at radius 1 is 0.857 bits per heavy atom. The number of hydrogen-bond donors (Lipinski definition) is 0. The van der Waals surface area contributed by atoms with E-state index in [0.717, 1.165) is 34.0 Å². The van der Waals surface area contributed by atoms with Crippen LogP contribution in [0.4, 0.5) is 4.79 Å². The summed E-state index contributed by atoms with van der Waals surface area (Å²) in [6.07, 6.45) is 1.80. The standard InChI is InChI=1S/C24H19NO2S/c1-17-10-12-20(13-11-17)21-9-5-8-19(14-21)15-22-23(26)25(24(27)28-22)16-18-6-3-2-4-7-18/h2-15H,16H2,1H3. The Hall–Kier alpha value is -3.11. The summed E-state index contributed by atoms with van der Waals surface area (Å²) in [7, 11) is 0. The van der Waals surface area contributed by atoms with Crippen molar-refractivity contribution < 1.29 is 9.59 Å². The van der Waals surface area contributed by atoms with E-state index in [-0.39, 0.29) is 11.1 Å². The monoisotopic (exact) mass is 385 g/mol. The van der Waals surface area contributed by atoms with E-state index < -0.39 is 0 Å². The molecule has 1 aliphatic heterocycles. The summed E-state index contributed by atoms with van der Waals surface area (Å²) in [6.45, 7) is 2.36. The van der Waals surface area contributed by atoms with Crippen LogP contribution in [0.15, 0.2) is 83.8 Å². The first-order chi connectivity index (χ1) is 13.6. The molecule has 1 aliphatic rings. The zero-order chi connectivity index (χ0) is 19.5. The third-order valence-corrected chi connectivity index (χ3v) is 5.53. The number of rotatable bonds is 4. The maximum absolute atomic E-state index is 12.7. The van der Waals surface area contributed by atoms with E-state index in [0.29, 0.717) is 11.4 Å². The maximum atomic E-state index is 12.7. The number of thioether (sulfide) groups is 1. The highest BCUT2D eigenvalue weighted by Crippen LogP contribution is 2.33. The molecule has 1 heterocycles. The van der Waals surface area contributed by atoms with Crippen LogP contribution >= 0.6 is 11.8 Å². The number of nitrogens with zero attached hydrogens (tertiary/aromatic N) is 1. The molecular weight excluding hydrogens is 366 g/mol. The number of benzene rings is 3. The zero-order valence-corrected chi connectivity index (χ0v) is 16.3. The van der Waals surface area contributed by atoms with Crippen molar-refractivity contribution in [2.75, 3.05) is 0 Å². The van der Waals surface area contributed by atoms with Crippen LogP contribution in [0, 0.1) is 6.92 Å². The summed E-state index contributed by atoms with van der Waals surface area (Å²) in [4.78, 5) is 26.8. The summed E-state index contributed by atoms with van der Waals surface area (Å²) in [6, 6.07) is 25.9. The molecule has 3 aromatic carbocycles. The van der Waals surface area contributed by atoms with Gasteiger partial charge >= 0.3 is 0 Å². The Labute approximate surface area is 168 Å². The molecule has 3 aromatic rings. The molecule has 0 radical (unpaired) electrons. The van der Waals surface area contributed by atoms with E-state index >= 15 is 0 Å². The molecular formula is C24H19NO2S. The minimum atomic E-state index is -0.236. The Morgan fingerprint density at radius 3 is 2.36 bits per heavy atom. The summed E-state index contributed by atoms with van der Waals surface area (Å²) in [5, 5.41) is -0.227. The lowest BCUT2D eigenvalue weighted by atomic mass is 10.0. The van der Waals surface area contributed by atoms with Gasteiger partial charge in [0.1, 0.15) is 0 Å². The van der Waals surface area contributed by atoms with Crippen molar-refractivity contribution in [2.24, 2.45) is 0 Å². The summed E-state index contributed by atoms with van der Waals surface area (Å²) >= 11 is 0.998. The Kier molecular flexibility index (Phi) is 5.13. The van der Waals surface area contributed by atoms with Gasteiger partial charge in [-0.15, -0.1) is 0 Å². The van der Waals surface area contributed by atoms with Crippen LogP contribution in [0.25, 0.3) is 17.2 Å². The molecule has 3 nitrogen and oxygen atoms in total. The SMILES string of the molecule is Cc1ccc(-c2cccc(C=C3SC(=O)N(Cc4ccccc4)C3=O)c2)cc1. The van der Waals surface area contributed by atoms with Crippen molar-refractivity contribution in [1.82, 2.24) is 4.90 Å². The number of aryl methyl sites for hydroxylation is 1. The number of hydrogen-bond acceptors (Lipinski definition) is 3. The van der Waals surface area contributed by atoms with Gasteiger partial charge in [0.2, 0.25) is 0 Å². The number of imide groups is 1. The molecule has 0 spiro atoms. The molecule has 0 N–H and O–H groups in total. The normalized spacial score (nSPS) is 15.5. The van der Waals surface area contributed by atoms with Gasteiger partial charge in [0, 0.05) is 0 Å². The van der Waals surface area contributed by atoms with Crippen LogP contribution in [0.5, 0.6) is 0 Å². The molecule has 0 aliphatic carbocycles. The zero-order valence-electron chi connectivity index (χ0n) is 15.5. The fourth-order valence-electron chi connectivity index (χ4n) is 3.11. The molecule has 2 amide bonds. The van der Waals surface area contributed by atoms with Crippen molar-refractivity contribution >= 4 is 29.0 Å². The van der Waals surface area contributed by atoms with Gasteiger partial charge in [-0.3, -0.25) is 14.5 Å². The lowest BCUT2D eigenvalue weighted by molar-refractivity contribution is -0.123. The molecule has 4 heteroatoms. The maximum Gasteiger partial charge on any atom is 0.293 e. The van der Waals surface area contributed by atoms with Crippen LogP contribution in [0.2, 0.25) is 0 Å². The van der Waals surface area contributed by atoms with Gasteiger partial charge in [0.15, 0.2) is 0 Å². The second-order valence-corrected chi connectivity index (χ2v) is 7.74. The van der Waals surface area contributed by atoms with Crippen LogP contribution in [0.1, 0.15) is 16.7 Å². The van der Waals surface area contributed by atoms with Gasteiger partial charge in [-0.05, 0) is 53.1 Å². The fraction of sp³-hybridized carbons (Fsp3) is 0.0833. The van der Waals surface area contributed by atoms with Crippen molar-refractivity contribution in [3.8, 4) is 11.1 Å². The van der Waals surface area contributed by atoms with Crippen LogP contribution in [-0.4, -0.2) is 16.0 Å². The first-order valence-corrected chi connectivity index (χ1v) is 9.88. The second-order valence-electron chi connectivity index (χ2n) is 6.74. The quantitative estimate of drug-likeness (QED) is 0.525. The fourth-order valence-corrected chi connectivity index (χ4v) is 3.95. The molecule has 1 fully saturated rings. The van der Waals surface area contributed by atoms with Gasteiger partial charge in [0.25, 0.3) is 11.1 Å². The third kappa shape index (κ3) is 3.92. The number of carbonyl (C=O) groups excluding carboxylic acids is 2. The Bertz CT molecular complexity index is 1060. The van der Waals surface area contributed by atoms with Gasteiger partial charge in [0.05, 0.1) is 11.4 Å². The minimum absolute atomic E-state index is 0.227. The van der Waals surface area contributed by atoms with Gasteiger partial charge in [-0.2, -0.15) is 0 Å². The summed E-state index contributed by atoms with van der Waals surface area (Å²) < 4.78 is 0. The van der Waals surface area contributed by atoms with Crippen molar-refractivity contribution in [3.63, 3.8) is 0 Å². The first kappa shape index (κ1) is 18.3. The molecule has 138 valence electrons. The minimum Gasteiger partial charge on any atom is -0.268 e. The predicted molar refractivity (Wildman–Crippen MR) is 115 cm³/mol. The molecule has 0 unspecified atom stereocenters. The van der Waals surface area contributed by atoms with Crippen molar-refractivity contribution in [1.29, 1.82) is 0 Å².